The molecule has 2 aromatic rings. The summed E-state index contributed by atoms with van der Waals surface area (Å²) in [5.41, 5.74) is 2.21. The molecule has 3 aliphatic rings. The number of nitrogens with zero attached hydrogens (tertiary/aromatic N) is 4. The second-order valence-electron chi connectivity index (χ2n) is 11.1. The predicted octanol–water partition coefficient (Wildman–Crippen LogP) is 3.23. The summed E-state index contributed by atoms with van der Waals surface area (Å²) < 4.78 is 0. The lowest BCUT2D eigenvalue weighted by Gasteiger charge is -2.53. The van der Waals surface area contributed by atoms with Crippen molar-refractivity contribution in [2.24, 2.45) is 5.92 Å². The van der Waals surface area contributed by atoms with Gasteiger partial charge in [-0.3, -0.25) is 14.4 Å². The molecule has 0 radical (unpaired) electrons. The molecule has 1 aromatic carbocycles. The van der Waals surface area contributed by atoms with Crippen LogP contribution in [0.2, 0.25) is 0 Å². The van der Waals surface area contributed by atoms with E-state index >= 15 is 0 Å². The number of carbonyl (C=O) groups is 3. The summed E-state index contributed by atoms with van der Waals surface area (Å²) in [7, 11) is 2.15. The first-order valence-electron chi connectivity index (χ1n) is 14.1. The van der Waals surface area contributed by atoms with Gasteiger partial charge in [0.05, 0.1) is 6.54 Å². The zero-order valence-corrected chi connectivity index (χ0v) is 22.3. The zero-order valence-electron chi connectivity index (χ0n) is 22.3. The van der Waals surface area contributed by atoms with Crippen molar-refractivity contribution in [3.8, 4) is 0 Å². The standard InChI is InChI=1S/C29H41N5O3/c1-3-4-9-25-29(37)32(19-21-12-15-31(2)16-13-21)20-26-33(17-14-28(36)34(25)26)27(35)11-10-22-18-30-24-8-6-5-7-23(22)24/h5-8,18,21,25-26,30H,3-4,9-17,19-20H2,1-2H3. The molecule has 0 aliphatic carbocycles. The average molecular weight is 508 g/mol. The number of nitrogens with one attached hydrogen (secondary N) is 1. The van der Waals surface area contributed by atoms with Crippen LogP contribution in [0, 0.1) is 5.92 Å². The normalized spacial score (nSPS) is 23.7. The molecular weight excluding hydrogens is 466 g/mol. The summed E-state index contributed by atoms with van der Waals surface area (Å²) >= 11 is 0. The number of unbranched alkanes of at least 4 members (excludes halogenated alkanes) is 1. The molecule has 1 N–H and O–H groups in total. The van der Waals surface area contributed by atoms with E-state index in [1.807, 2.05) is 34.2 Å². The number of para-hydroxylation sites is 1. The molecule has 0 saturated carbocycles. The van der Waals surface area contributed by atoms with Crippen molar-refractivity contribution < 1.29 is 14.4 Å². The number of aromatic nitrogens is 1. The summed E-state index contributed by atoms with van der Waals surface area (Å²) in [6.07, 6.45) is 7.67. The molecule has 4 heterocycles. The fourth-order valence-corrected chi connectivity index (χ4v) is 6.39. The van der Waals surface area contributed by atoms with E-state index in [0.717, 1.165) is 61.8 Å². The number of hydrogen-bond donors (Lipinski definition) is 1. The molecular formula is C29H41N5O3. The fourth-order valence-electron chi connectivity index (χ4n) is 6.39. The van der Waals surface area contributed by atoms with Crippen molar-refractivity contribution in [3.63, 3.8) is 0 Å². The van der Waals surface area contributed by atoms with E-state index in [1.165, 1.54) is 0 Å². The Labute approximate surface area is 219 Å². The number of fused-ring (bicyclic) bond motifs is 2. The number of piperidine rings is 1. The minimum Gasteiger partial charge on any atom is -0.361 e. The molecule has 3 fully saturated rings. The van der Waals surface area contributed by atoms with Crippen LogP contribution >= 0.6 is 0 Å². The van der Waals surface area contributed by atoms with Gasteiger partial charge in [0.15, 0.2) is 0 Å². The third-order valence-corrected chi connectivity index (χ3v) is 8.60. The second kappa shape index (κ2) is 11.3. The minimum absolute atomic E-state index is 0.0130. The largest absolute Gasteiger partial charge is 0.361 e. The van der Waals surface area contributed by atoms with Crippen LogP contribution in [0.25, 0.3) is 10.9 Å². The highest BCUT2D eigenvalue weighted by Gasteiger charge is 2.48. The van der Waals surface area contributed by atoms with Gasteiger partial charge in [-0.05, 0) is 63.4 Å². The van der Waals surface area contributed by atoms with Crippen LogP contribution in [0.3, 0.4) is 0 Å². The number of benzene rings is 1. The second-order valence-corrected chi connectivity index (χ2v) is 11.1. The molecule has 0 spiro atoms. The lowest BCUT2D eigenvalue weighted by Crippen LogP contribution is -2.71. The van der Waals surface area contributed by atoms with Crippen molar-refractivity contribution in [3.05, 3.63) is 36.0 Å². The molecule has 3 amide bonds. The maximum atomic E-state index is 13.7. The molecule has 8 heteroatoms. The predicted molar refractivity (Wildman–Crippen MR) is 144 cm³/mol. The van der Waals surface area contributed by atoms with E-state index in [9.17, 15) is 14.4 Å². The summed E-state index contributed by atoms with van der Waals surface area (Å²) in [6.45, 7) is 5.81. The van der Waals surface area contributed by atoms with Crippen molar-refractivity contribution >= 4 is 28.6 Å². The molecule has 2 unspecified atom stereocenters. The number of aromatic amines is 1. The van der Waals surface area contributed by atoms with E-state index < -0.39 is 6.04 Å². The fraction of sp³-hybridized carbons (Fsp3) is 0.621. The number of rotatable bonds is 8. The lowest BCUT2D eigenvalue weighted by molar-refractivity contribution is -0.175. The highest BCUT2D eigenvalue weighted by molar-refractivity contribution is 5.91. The van der Waals surface area contributed by atoms with Crippen LogP contribution in [0.5, 0.6) is 0 Å². The van der Waals surface area contributed by atoms with E-state index in [1.54, 1.807) is 4.90 Å². The van der Waals surface area contributed by atoms with Crippen LogP contribution in [-0.2, 0) is 20.8 Å². The van der Waals surface area contributed by atoms with Gasteiger partial charge in [-0.1, -0.05) is 38.0 Å². The Morgan fingerprint density at radius 1 is 1.11 bits per heavy atom. The molecule has 3 saturated heterocycles. The van der Waals surface area contributed by atoms with Gasteiger partial charge in [-0.25, -0.2) is 0 Å². The maximum absolute atomic E-state index is 13.7. The minimum atomic E-state index is -0.457. The van der Waals surface area contributed by atoms with Crippen molar-refractivity contribution in [2.45, 2.75) is 70.5 Å². The van der Waals surface area contributed by atoms with Gasteiger partial charge in [-0.15, -0.1) is 0 Å². The molecule has 0 bridgehead atoms. The van der Waals surface area contributed by atoms with Gasteiger partial charge < -0.3 is 24.6 Å². The third kappa shape index (κ3) is 5.40. The molecule has 200 valence electrons. The van der Waals surface area contributed by atoms with Gasteiger partial charge in [0, 0.05) is 43.0 Å². The summed E-state index contributed by atoms with van der Waals surface area (Å²) in [5.74, 6) is 0.628. The Bertz CT molecular complexity index is 1120. The number of aryl methyl sites for hydroxylation is 1. The Hall–Kier alpha value is -2.87. The Morgan fingerprint density at radius 3 is 2.68 bits per heavy atom. The van der Waals surface area contributed by atoms with Crippen molar-refractivity contribution in [1.82, 2.24) is 24.6 Å². The highest BCUT2D eigenvalue weighted by atomic mass is 16.2. The first-order chi connectivity index (χ1) is 18.0. The van der Waals surface area contributed by atoms with Crippen LogP contribution in [0.4, 0.5) is 0 Å². The average Bonchev–Trinajstić information content (AvgIpc) is 3.32. The first-order valence-corrected chi connectivity index (χ1v) is 14.1. The van der Waals surface area contributed by atoms with E-state index in [-0.39, 0.29) is 23.9 Å². The summed E-state index contributed by atoms with van der Waals surface area (Å²) in [6, 6.07) is 7.69. The van der Waals surface area contributed by atoms with Gasteiger partial charge in [0.1, 0.15) is 12.2 Å². The SMILES string of the molecule is CCCCC1C(=O)N(CC2CCN(C)CC2)CC2N(C(=O)CCc3c[nH]c4ccccc34)CCC(=O)N12. The van der Waals surface area contributed by atoms with Crippen LogP contribution in [0.1, 0.15) is 57.4 Å². The van der Waals surface area contributed by atoms with Crippen LogP contribution in [0.15, 0.2) is 30.5 Å². The first kappa shape index (κ1) is 25.8. The summed E-state index contributed by atoms with van der Waals surface area (Å²) in [4.78, 5) is 51.7. The maximum Gasteiger partial charge on any atom is 0.245 e. The Kier molecular flexibility index (Phi) is 7.84. The number of H-pyrrole nitrogens is 1. The molecule has 3 aliphatic heterocycles. The highest BCUT2D eigenvalue weighted by Crippen LogP contribution is 2.30. The molecule has 1 aromatic heterocycles. The summed E-state index contributed by atoms with van der Waals surface area (Å²) in [5, 5.41) is 1.15. The van der Waals surface area contributed by atoms with Gasteiger partial charge in [0.25, 0.3) is 0 Å². The number of hydrogen-bond acceptors (Lipinski definition) is 4. The molecule has 5 rings (SSSR count). The van der Waals surface area contributed by atoms with Crippen LogP contribution < -0.4 is 0 Å². The number of carbonyl (C=O) groups excluding carboxylic acids is 3. The van der Waals surface area contributed by atoms with Crippen molar-refractivity contribution in [2.75, 3.05) is 39.8 Å². The van der Waals surface area contributed by atoms with Crippen LogP contribution in [-0.4, -0.2) is 94.3 Å². The molecule has 37 heavy (non-hydrogen) atoms. The Balaban J connectivity index is 1.33. The number of amides is 3. The van der Waals surface area contributed by atoms with E-state index in [4.69, 9.17) is 0 Å². The van der Waals surface area contributed by atoms with Gasteiger partial charge >= 0.3 is 0 Å². The lowest BCUT2D eigenvalue weighted by atomic mass is 9.93. The topological polar surface area (TPSA) is 80.0 Å². The smallest absolute Gasteiger partial charge is 0.245 e. The quantitative estimate of drug-likeness (QED) is 0.595. The van der Waals surface area contributed by atoms with Gasteiger partial charge in [0.2, 0.25) is 17.7 Å². The van der Waals surface area contributed by atoms with Crippen molar-refractivity contribution in [1.29, 1.82) is 0 Å². The molecule has 2 atom stereocenters. The monoisotopic (exact) mass is 507 g/mol. The molecule has 8 nitrogen and oxygen atoms in total. The number of likely N-dealkylation sites (tertiary alicyclic amines) is 1. The zero-order chi connectivity index (χ0) is 25.9. The van der Waals surface area contributed by atoms with Gasteiger partial charge in [-0.2, -0.15) is 0 Å². The third-order valence-electron chi connectivity index (χ3n) is 8.60. The van der Waals surface area contributed by atoms with E-state index in [0.29, 0.717) is 44.7 Å². The number of piperazine rings is 1. The van der Waals surface area contributed by atoms with E-state index in [2.05, 4.69) is 29.9 Å². The Morgan fingerprint density at radius 2 is 1.89 bits per heavy atom.